The summed E-state index contributed by atoms with van der Waals surface area (Å²) in [7, 11) is -2.53. The summed E-state index contributed by atoms with van der Waals surface area (Å²) in [5, 5.41) is 4.61. The zero-order chi connectivity index (χ0) is 26.5. The highest BCUT2D eigenvalue weighted by molar-refractivity contribution is 7.89. The molecule has 0 unspecified atom stereocenters. The third-order valence-electron chi connectivity index (χ3n) is 6.11. The van der Waals surface area contributed by atoms with Crippen LogP contribution in [-0.2, 0) is 26.2 Å². The predicted molar refractivity (Wildman–Crippen MR) is 143 cm³/mol. The molecule has 0 spiro atoms. The number of hydrogen-bond donors (Lipinski definition) is 1. The number of amides is 2. The van der Waals surface area contributed by atoms with Gasteiger partial charge < -0.3 is 10.2 Å². The predicted octanol–water partition coefficient (Wildman–Crippen LogP) is 3.96. The number of benzene rings is 3. The van der Waals surface area contributed by atoms with Crippen LogP contribution in [0.15, 0.2) is 71.6 Å². The number of sulfonamides is 1. The van der Waals surface area contributed by atoms with Gasteiger partial charge in [-0.3, -0.25) is 9.59 Å². The van der Waals surface area contributed by atoms with Gasteiger partial charge in [0.15, 0.2) is 0 Å². The fourth-order valence-corrected chi connectivity index (χ4v) is 4.96. The molecule has 3 aromatic rings. The molecule has 3 aromatic carbocycles. The maximum Gasteiger partial charge on any atom is 0.243 e. The van der Waals surface area contributed by atoms with E-state index in [4.69, 9.17) is 0 Å². The Hall–Kier alpha value is -3.23. The summed E-state index contributed by atoms with van der Waals surface area (Å²) in [4.78, 5) is 27.8. The van der Waals surface area contributed by atoms with Crippen LogP contribution in [-0.4, -0.2) is 55.6 Å². The molecule has 0 radical (unpaired) electrons. The zero-order valence-electron chi connectivity index (χ0n) is 21.6. The smallest absolute Gasteiger partial charge is 0.243 e. The zero-order valence-corrected chi connectivity index (χ0v) is 22.4. The van der Waals surface area contributed by atoms with E-state index in [2.05, 4.69) is 5.32 Å². The van der Waals surface area contributed by atoms with Crippen LogP contribution in [0.3, 0.4) is 0 Å². The van der Waals surface area contributed by atoms with Gasteiger partial charge in [-0.25, -0.2) is 8.42 Å². The number of carbonyl (C=O) groups is 2. The average Bonchev–Trinajstić information content (AvgIpc) is 2.85. The molecule has 0 fully saturated rings. The second-order valence-electron chi connectivity index (χ2n) is 9.59. The highest BCUT2D eigenvalue weighted by Gasteiger charge is 2.30. The van der Waals surface area contributed by atoms with Gasteiger partial charge in [-0.15, -0.1) is 0 Å². The molecule has 0 heterocycles. The van der Waals surface area contributed by atoms with E-state index in [-0.39, 0.29) is 29.8 Å². The quantitative estimate of drug-likeness (QED) is 0.448. The number of rotatable bonds is 10. The monoisotopic (exact) mass is 509 g/mol. The molecule has 1 N–H and O–H groups in total. The normalized spacial score (nSPS) is 12.6. The molecule has 2 amide bonds. The lowest BCUT2D eigenvalue weighted by Gasteiger charge is -2.30. The van der Waals surface area contributed by atoms with Crippen molar-refractivity contribution in [2.45, 2.75) is 45.2 Å². The van der Waals surface area contributed by atoms with Gasteiger partial charge in [0, 0.05) is 20.1 Å². The Bertz CT molecular complexity index is 1320. The average molecular weight is 510 g/mol. The van der Waals surface area contributed by atoms with E-state index in [9.17, 15) is 18.0 Å². The van der Waals surface area contributed by atoms with E-state index < -0.39 is 22.0 Å². The van der Waals surface area contributed by atoms with Crippen molar-refractivity contribution in [2.75, 3.05) is 20.1 Å². The summed E-state index contributed by atoms with van der Waals surface area (Å²) in [5.41, 5.74) is 1.94. The molecular weight excluding hydrogens is 474 g/mol. The van der Waals surface area contributed by atoms with Crippen LogP contribution in [0.25, 0.3) is 10.8 Å². The summed E-state index contributed by atoms with van der Waals surface area (Å²) < 4.78 is 27.6. The van der Waals surface area contributed by atoms with Crippen LogP contribution in [0, 0.1) is 12.8 Å². The molecule has 36 heavy (non-hydrogen) atoms. The van der Waals surface area contributed by atoms with Gasteiger partial charge in [0.2, 0.25) is 21.8 Å². The van der Waals surface area contributed by atoms with Crippen LogP contribution in [0.5, 0.6) is 0 Å². The van der Waals surface area contributed by atoms with E-state index in [1.807, 2.05) is 69.3 Å². The van der Waals surface area contributed by atoms with E-state index in [0.717, 1.165) is 26.2 Å². The number of carbonyl (C=O) groups excluding carboxylic acids is 2. The Morgan fingerprint density at radius 2 is 1.56 bits per heavy atom. The first-order valence-electron chi connectivity index (χ1n) is 12.1. The van der Waals surface area contributed by atoms with E-state index in [1.54, 1.807) is 25.1 Å². The van der Waals surface area contributed by atoms with Gasteiger partial charge in [-0.05, 0) is 48.2 Å². The minimum absolute atomic E-state index is 0.115. The standard InChI is InChI=1S/C28H35N3O4S/c1-20(2)17-29-28(33)22(4)31(18-23-12-10-21(3)11-13-23)27(32)19-30(5)36(34,35)26-15-14-24-8-6-7-9-25(24)16-26/h6-16,20,22H,17-19H2,1-5H3,(H,29,33)/t22-/m0/s1. The largest absolute Gasteiger partial charge is 0.354 e. The fourth-order valence-electron chi connectivity index (χ4n) is 3.80. The van der Waals surface area contributed by atoms with Gasteiger partial charge in [0.1, 0.15) is 6.04 Å². The molecule has 0 saturated heterocycles. The molecule has 3 rings (SSSR count). The molecular formula is C28H35N3O4S. The van der Waals surface area contributed by atoms with Crippen molar-refractivity contribution in [3.8, 4) is 0 Å². The third kappa shape index (κ3) is 6.71. The number of hydrogen-bond acceptors (Lipinski definition) is 4. The van der Waals surface area contributed by atoms with Crippen molar-refractivity contribution in [3.63, 3.8) is 0 Å². The molecule has 0 saturated carbocycles. The van der Waals surface area contributed by atoms with E-state index in [1.165, 1.54) is 11.9 Å². The van der Waals surface area contributed by atoms with Crippen molar-refractivity contribution in [3.05, 3.63) is 77.9 Å². The molecule has 0 aliphatic rings. The Kier molecular flexibility index (Phi) is 8.87. The lowest BCUT2D eigenvalue weighted by molar-refractivity contribution is -0.140. The highest BCUT2D eigenvalue weighted by atomic mass is 32.2. The second kappa shape index (κ2) is 11.7. The molecule has 0 aliphatic heterocycles. The molecule has 0 aromatic heterocycles. The van der Waals surface area contributed by atoms with Crippen molar-refractivity contribution in [2.24, 2.45) is 5.92 Å². The lowest BCUT2D eigenvalue weighted by Crippen LogP contribution is -2.51. The lowest BCUT2D eigenvalue weighted by atomic mass is 10.1. The summed E-state index contributed by atoms with van der Waals surface area (Å²) in [6.07, 6.45) is 0. The molecule has 0 aliphatic carbocycles. The number of fused-ring (bicyclic) bond motifs is 1. The molecule has 192 valence electrons. The Labute approximate surface area is 214 Å². The summed E-state index contributed by atoms with van der Waals surface area (Å²) in [6.45, 7) is 7.93. The summed E-state index contributed by atoms with van der Waals surface area (Å²) in [5.74, 6) is -0.459. The van der Waals surface area contributed by atoms with Gasteiger partial charge in [-0.1, -0.05) is 74.0 Å². The third-order valence-corrected chi connectivity index (χ3v) is 7.91. The Morgan fingerprint density at radius 1 is 0.917 bits per heavy atom. The van der Waals surface area contributed by atoms with Crippen LogP contribution in [0.1, 0.15) is 31.9 Å². The molecule has 0 bridgehead atoms. The molecule has 8 heteroatoms. The molecule has 1 atom stereocenters. The van der Waals surface area contributed by atoms with Gasteiger partial charge in [-0.2, -0.15) is 4.31 Å². The Morgan fingerprint density at radius 3 is 2.19 bits per heavy atom. The number of likely N-dealkylation sites (N-methyl/N-ethyl adjacent to an activating group) is 1. The van der Waals surface area contributed by atoms with Crippen molar-refractivity contribution < 1.29 is 18.0 Å². The molecule has 7 nitrogen and oxygen atoms in total. The van der Waals surface area contributed by atoms with Crippen LogP contribution in [0.4, 0.5) is 0 Å². The second-order valence-corrected chi connectivity index (χ2v) is 11.6. The minimum Gasteiger partial charge on any atom is -0.354 e. The maximum atomic E-state index is 13.4. The SMILES string of the molecule is Cc1ccc(CN(C(=O)CN(C)S(=O)(=O)c2ccc3ccccc3c2)[C@@H](C)C(=O)NCC(C)C)cc1. The van der Waals surface area contributed by atoms with E-state index in [0.29, 0.717) is 6.54 Å². The number of aryl methyl sites for hydroxylation is 1. The topological polar surface area (TPSA) is 86.8 Å². The maximum absolute atomic E-state index is 13.4. The number of nitrogens with zero attached hydrogens (tertiary/aromatic N) is 2. The summed E-state index contributed by atoms with van der Waals surface area (Å²) in [6, 6.07) is 19.3. The van der Waals surface area contributed by atoms with Crippen LogP contribution in [0.2, 0.25) is 0 Å². The van der Waals surface area contributed by atoms with Crippen LogP contribution < -0.4 is 5.32 Å². The fraction of sp³-hybridized carbons (Fsp3) is 0.357. The van der Waals surface area contributed by atoms with Gasteiger partial charge >= 0.3 is 0 Å². The highest BCUT2D eigenvalue weighted by Crippen LogP contribution is 2.22. The minimum atomic E-state index is -3.92. The van der Waals surface area contributed by atoms with Crippen molar-refractivity contribution in [1.29, 1.82) is 0 Å². The summed E-state index contributed by atoms with van der Waals surface area (Å²) >= 11 is 0. The van der Waals surface area contributed by atoms with Gasteiger partial charge in [0.05, 0.1) is 11.4 Å². The van der Waals surface area contributed by atoms with Gasteiger partial charge in [0.25, 0.3) is 0 Å². The number of nitrogens with one attached hydrogen (secondary N) is 1. The van der Waals surface area contributed by atoms with E-state index >= 15 is 0 Å². The first kappa shape index (κ1) is 27.4. The van der Waals surface area contributed by atoms with Crippen LogP contribution >= 0.6 is 0 Å². The first-order chi connectivity index (χ1) is 17.0. The van der Waals surface area contributed by atoms with Crippen molar-refractivity contribution >= 4 is 32.6 Å². The first-order valence-corrected chi connectivity index (χ1v) is 13.5. The Balaban J connectivity index is 1.83. The van der Waals surface area contributed by atoms with Crippen molar-refractivity contribution in [1.82, 2.24) is 14.5 Å².